The van der Waals surface area contributed by atoms with E-state index >= 15 is 0 Å². The third kappa shape index (κ3) is 1.85. The Balaban J connectivity index is 0.000000963. The molecule has 0 saturated heterocycles. The third-order valence-corrected chi connectivity index (χ3v) is 2.70. The largest absolute Gasteiger partial charge is 0.482 e. The minimum Gasteiger partial charge on any atom is -0.482 e. The SMILES string of the molecule is Cl.Fc1ccc2c(c1)CC(C1=NCCN1)O2. The maximum absolute atomic E-state index is 13.0. The van der Waals surface area contributed by atoms with Crippen molar-refractivity contribution in [3.8, 4) is 5.75 Å². The lowest BCUT2D eigenvalue weighted by Gasteiger charge is -2.10. The summed E-state index contributed by atoms with van der Waals surface area (Å²) < 4.78 is 18.7. The molecule has 0 bridgehead atoms. The summed E-state index contributed by atoms with van der Waals surface area (Å²) in [4.78, 5) is 4.31. The second kappa shape index (κ2) is 4.29. The Labute approximate surface area is 99.1 Å². The van der Waals surface area contributed by atoms with Gasteiger partial charge in [0.1, 0.15) is 17.4 Å². The first kappa shape index (κ1) is 11.2. The number of fused-ring (bicyclic) bond motifs is 1. The number of hydrogen-bond donors (Lipinski definition) is 1. The Kier molecular flexibility index (Phi) is 3.01. The maximum Gasteiger partial charge on any atom is 0.159 e. The summed E-state index contributed by atoms with van der Waals surface area (Å²) in [6.45, 7) is 1.68. The van der Waals surface area contributed by atoms with Crippen LogP contribution >= 0.6 is 12.4 Å². The number of hydrogen-bond acceptors (Lipinski definition) is 3. The first-order valence-corrected chi connectivity index (χ1v) is 5.06. The number of rotatable bonds is 1. The smallest absolute Gasteiger partial charge is 0.159 e. The molecular weight excluding hydrogens is 231 g/mol. The summed E-state index contributed by atoms with van der Waals surface area (Å²) in [5.41, 5.74) is 0.927. The van der Waals surface area contributed by atoms with Crippen LogP contribution in [0.5, 0.6) is 5.75 Å². The van der Waals surface area contributed by atoms with Gasteiger partial charge in [0.25, 0.3) is 0 Å². The van der Waals surface area contributed by atoms with E-state index in [1.165, 1.54) is 12.1 Å². The van der Waals surface area contributed by atoms with Gasteiger partial charge in [0.05, 0.1) is 6.54 Å². The fourth-order valence-electron chi connectivity index (χ4n) is 2.00. The lowest BCUT2D eigenvalue weighted by Crippen LogP contribution is -2.34. The van der Waals surface area contributed by atoms with Crippen molar-refractivity contribution in [3.05, 3.63) is 29.6 Å². The third-order valence-electron chi connectivity index (χ3n) is 2.70. The molecule has 0 amide bonds. The number of amidine groups is 1. The topological polar surface area (TPSA) is 33.6 Å². The Morgan fingerprint density at radius 2 is 2.31 bits per heavy atom. The van der Waals surface area contributed by atoms with Crippen LogP contribution in [0.4, 0.5) is 4.39 Å². The van der Waals surface area contributed by atoms with Gasteiger partial charge in [-0.05, 0) is 18.2 Å². The van der Waals surface area contributed by atoms with E-state index in [9.17, 15) is 4.39 Å². The molecule has 3 nitrogen and oxygen atoms in total. The zero-order chi connectivity index (χ0) is 10.3. The molecule has 86 valence electrons. The van der Waals surface area contributed by atoms with Gasteiger partial charge in [-0.15, -0.1) is 12.4 Å². The molecule has 1 atom stereocenters. The first-order chi connectivity index (χ1) is 7.33. The Bertz CT molecular complexity index is 436. The summed E-state index contributed by atoms with van der Waals surface area (Å²) in [6.07, 6.45) is 0.656. The number of nitrogens with zero attached hydrogens (tertiary/aromatic N) is 1. The molecule has 1 N–H and O–H groups in total. The highest BCUT2D eigenvalue weighted by atomic mass is 35.5. The lowest BCUT2D eigenvalue weighted by atomic mass is 10.1. The van der Waals surface area contributed by atoms with Crippen molar-refractivity contribution in [2.24, 2.45) is 4.99 Å². The Morgan fingerprint density at radius 1 is 1.44 bits per heavy atom. The van der Waals surface area contributed by atoms with E-state index in [0.29, 0.717) is 6.42 Å². The maximum atomic E-state index is 13.0. The van der Waals surface area contributed by atoms with Gasteiger partial charge in [-0.25, -0.2) is 4.39 Å². The molecular formula is C11H12ClFN2O. The summed E-state index contributed by atoms with van der Waals surface area (Å²) in [5, 5.41) is 3.18. The van der Waals surface area contributed by atoms with Gasteiger partial charge in [-0.3, -0.25) is 4.99 Å². The summed E-state index contributed by atoms with van der Waals surface area (Å²) >= 11 is 0. The Hall–Kier alpha value is -1.29. The molecule has 0 aliphatic carbocycles. The van der Waals surface area contributed by atoms with E-state index in [2.05, 4.69) is 10.3 Å². The monoisotopic (exact) mass is 242 g/mol. The van der Waals surface area contributed by atoms with Gasteiger partial charge in [-0.2, -0.15) is 0 Å². The van der Waals surface area contributed by atoms with Gasteiger partial charge in [0.15, 0.2) is 6.10 Å². The molecule has 0 saturated carbocycles. The summed E-state index contributed by atoms with van der Waals surface area (Å²) in [5.74, 6) is 1.46. The number of nitrogens with one attached hydrogen (secondary N) is 1. The second-order valence-electron chi connectivity index (χ2n) is 3.76. The highest BCUT2D eigenvalue weighted by Crippen LogP contribution is 2.29. The van der Waals surface area contributed by atoms with Crippen LogP contribution in [-0.2, 0) is 6.42 Å². The standard InChI is InChI=1S/C11H11FN2O.ClH/c12-8-1-2-9-7(5-8)6-10(15-9)11-13-3-4-14-11;/h1-2,5,10H,3-4,6H2,(H,13,14);1H. The van der Waals surface area contributed by atoms with Crippen molar-refractivity contribution in [1.29, 1.82) is 0 Å². The molecule has 1 aromatic carbocycles. The van der Waals surface area contributed by atoms with Crippen LogP contribution in [0, 0.1) is 5.82 Å². The highest BCUT2D eigenvalue weighted by Gasteiger charge is 2.28. The molecule has 16 heavy (non-hydrogen) atoms. The zero-order valence-electron chi connectivity index (χ0n) is 8.57. The van der Waals surface area contributed by atoms with Crippen LogP contribution in [0.15, 0.2) is 23.2 Å². The molecule has 3 rings (SSSR count). The van der Waals surface area contributed by atoms with Crippen LogP contribution in [0.25, 0.3) is 0 Å². The molecule has 0 aromatic heterocycles. The molecule has 2 heterocycles. The average molecular weight is 243 g/mol. The van der Waals surface area contributed by atoms with Gasteiger partial charge in [0, 0.05) is 18.5 Å². The van der Waals surface area contributed by atoms with E-state index < -0.39 is 0 Å². The highest BCUT2D eigenvalue weighted by molar-refractivity contribution is 5.89. The van der Waals surface area contributed by atoms with E-state index in [4.69, 9.17) is 4.74 Å². The van der Waals surface area contributed by atoms with Crippen LogP contribution in [0.2, 0.25) is 0 Å². The van der Waals surface area contributed by atoms with Gasteiger partial charge in [0.2, 0.25) is 0 Å². The molecule has 5 heteroatoms. The first-order valence-electron chi connectivity index (χ1n) is 5.06. The van der Waals surface area contributed by atoms with E-state index in [0.717, 1.165) is 30.2 Å². The second-order valence-corrected chi connectivity index (χ2v) is 3.76. The average Bonchev–Trinajstić information content (AvgIpc) is 2.84. The predicted molar refractivity (Wildman–Crippen MR) is 62.1 cm³/mol. The lowest BCUT2D eigenvalue weighted by molar-refractivity contribution is 0.298. The van der Waals surface area contributed by atoms with E-state index in [1.807, 2.05) is 0 Å². The van der Waals surface area contributed by atoms with Crippen molar-refractivity contribution >= 4 is 18.2 Å². The zero-order valence-corrected chi connectivity index (χ0v) is 9.39. The molecule has 0 fully saturated rings. The normalized spacial score (nSPS) is 21.6. The molecule has 2 aliphatic rings. The summed E-state index contributed by atoms with van der Waals surface area (Å²) in [7, 11) is 0. The van der Waals surface area contributed by atoms with Gasteiger partial charge in [-0.1, -0.05) is 0 Å². The fourth-order valence-corrected chi connectivity index (χ4v) is 2.00. The number of benzene rings is 1. The number of ether oxygens (including phenoxy) is 1. The van der Waals surface area contributed by atoms with Gasteiger partial charge >= 0.3 is 0 Å². The number of halogens is 2. The fraction of sp³-hybridized carbons (Fsp3) is 0.364. The van der Waals surface area contributed by atoms with Crippen molar-refractivity contribution in [3.63, 3.8) is 0 Å². The Morgan fingerprint density at radius 3 is 3.06 bits per heavy atom. The van der Waals surface area contributed by atoms with Crippen LogP contribution < -0.4 is 10.1 Å². The van der Waals surface area contributed by atoms with E-state index in [-0.39, 0.29) is 24.3 Å². The minimum absolute atomic E-state index is 0. The molecule has 0 radical (unpaired) electrons. The minimum atomic E-state index is -0.209. The van der Waals surface area contributed by atoms with Crippen LogP contribution in [-0.4, -0.2) is 25.0 Å². The van der Waals surface area contributed by atoms with Gasteiger partial charge < -0.3 is 10.1 Å². The number of aliphatic imine (C=N–C) groups is 1. The molecule has 1 aromatic rings. The predicted octanol–water partition coefficient (Wildman–Crippen LogP) is 1.55. The molecule has 2 aliphatic heterocycles. The van der Waals surface area contributed by atoms with Crippen molar-refractivity contribution in [2.75, 3.05) is 13.1 Å². The van der Waals surface area contributed by atoms with E-state index in [1.54, 1.807) is 6.07 Å². The van der Waals surface area contributed by atoms with Crippen molar-refractivity contribution in [1.82, 2.24) is 5.32 Å². The van der Waals surface area contributed by atoms with Crippen LogP contribution in [0.3, 0.4) is 0 Å². The van der Waals surface area contributed by atoms with Crippen molar-refractivity contribution < 1.29 is 9.13 Å². The molecule has 0 spiro atoms. The van der Waals surface area contributed by atoms with Crippen LogP contribution in [0.1, 0.15) is 5.56 Å². The quantitative estimate of drug-likeness (QED) is 0.811. The summed E-state index contributed by atoms with van der Waals surface area (Å²) in [6, 6.07) is 4.64. The van der Waals surface area contributed by atoms with Crippen molar-refractivity contribution in [2.45, 2.75) is 12.5 Å². The molecule has 1 unspecified atom stereocenters.